The van der Waals surface area contributed by atoms with Gasteiger partial charge < -0.3 is 23.8 Å². The van der Waals surface area contributed by atoms with Gasteiger partial charge in [0.05, 0.1) is 31.2 Å². The van der Waals surface area contributed by atoms with Crippen LogP contribution in [0.2, 0.25) is 0 Å². The van der Waals surface area contributed by atoms with Gasteiger partial charge in [-0.3, -0.25) is 9.59 Å². The summed E-state index contributed by atoms with van der Waals surface area (Å²) in [5.74, 6) is 0.608. The summed E-state index contributed by atoms with van der Waals surface area (Å²) in [5.41, 5.74) is 1.02. The van der Waals surface area contributed by atoms with Gasteiger partial charge in [-0.05, 0) is 19.9 Å². The second kappa shape index (κ2) is 9.41. The predicted molar refractivity (Wildman–Crippen MR) is 117 cm³/mol. The Balaban J connectivity index is 1.45. The van der Waals surface area contributed by atoms with Crippen LogP contribution in [-0.4, -0.2) is 83.5 Å². The number of para-hydroxylation sites is 1. The van der Waals surface area contributed by atoms with Gasteiger partial charge in [-0.15, -0.1) is 11.8 Å². The molecule has 0 unspecified atom stereocenters. The van der Waals surface area contributed by atoms with E-state index in [0.717, 1.165) is 15.8 Å². The van der Waals surface area contributed by atoms with Gasteiger partial charge in [0.2, 0.25) is 11.8 Å². The molecule has 1 aromatic carbocycles. The molecule has 3 heterocycles. The fourth-order valence-corrected chi connectivity index (χ4v) is 5.12. The molecule has 2 atom stereocenters. The van der Waals surface area contributed by atoms with Crippen molar-refractivity contribution in [2.45, 2.75) is 37.5 Å². The molecule has 0 radical (unpaired) electrons. The summed E-state index contributed by atoms with van der Waals surface area (Å²) >= 11 is 1.54. The van der Waals surface area contributed by atoms with Gasteiger partial charge in [-0.25, -0.2) is 0 Å². The van der Waals surface area contributed by atoms with Gasteiger partial charge >= 0.3 is 0 Å². The number of aromatic nitrogens is 1. The summed E-state index contributed by atoms with van der Waals surface area (Å²) in [6.07, 6.45) is 2.14. The standard InChI is InChI=1S/C22H29N3O4S/c1-16-11-25(12-17(2)29-16)22(27)15-30-20-13-24(19-6-4-3-5-18(19)20)14-21(26)23-7-9-28-10-8-23/h3-6,13,16-17H,7-12,14-15H2,1-2H3/t16-,17-/m0/s1. The lowest BCUT2D eigenvalue weighted by Crippen LogP contribution is -2.48. The maximum absolute atomic E-state index is 12.8. The first-order chi connectivity index (χ1) is 14.5. The van der Waals surface area contributed by atoms with Gasteiger partial charge in [-0.1, -0.05) is 18.2 Å². The number of hydrogen-bond acceptors (Lipinski definition) is 5. The predicted octanol–water partition coefficient (Wildman–Crippen LogP) is 2.23. The number of hydrogen-bond donors (Lipinski definition) is 0. The van der Waals surface area contributed by atoms with E-state index in [0.29, 0.717) is 51.7 Å². The first kappa shape index (κ1) is 21.2. The Morgan fingerprint density at radius 3 is 2.47 bits per heavy atom. The lowest BCUT2D eigenvalue weighted by molar-refractivity contribution is -0.140. The molecule has 0 aliphatic carbocycles. The number of benzene rings is 1. The highest BCUT2D eigenvalue weighted by molar-refractivity contribution is 8.00. The second-order valence-corrected chi connectivity index (χ2v) is 8.99. The molecule has 0 spiro atoms. The summed E-state index contributed by atoms with van der Waals surface area (Å²) in [6, 6.07) is 8.05. The van der Waals surface area contributed by atoms with Gasteiger partial charge in [0.1, 0.15) is 6.54 Å². The molecular weight excluding hydrogens is 402 g/mol. The number of carbonyl (C=O) groups is 2. The Morgan fingerprint density at radius 1 is 1.03 bits per heavy atom. The van der Waals surface area contributed by atoms with E-state index < -0.39 is 0 Å². The van der Waals surface area contributed by atoms with Crippen molar-refractivity contribution in [3.63, 3.8) is 0 Å². The highest BCUT2D eigenvalue weighted by Crippen LogP contribution is 2.30. The zero-order valence-electron chi connectivity index (χ0n) is 17.6. The van der Waals surface area contributed by atoms with Gasteiger partial charge in [0.25, 0.3) is 0 Å². The van der Waals surface area contributed by atoms with Crippen molar-refractivity contribution in [1.29, 1.82) is 0 Å². The van der Waals surface area contributed by atoms with E-state index >= 15 is 0 Å². The van der Waals surface area contributed by atoms with Gasteiger partial charge in [0.15, 0.2) is 0 Å². The Hall–Kier alpha value is -2.03. The van der Waals surface area contributed by atoms with E-state index in [-0.39, 0.29) is 24.0 Å². The highest BCUT2D eigenvalue weighted by atomic mass is 32.2. The van der Waals surface area contributed by atoms with Crippen molar-refractivity contribution < 1.29 is 19.1 Å². The van der Waals surface area contributed by atoms with Crippen LogP contribution in [0, 0.1) is 0 Å². The molecule has 162 valence electrons. The van der Waals surface area contributed by atoms with E-state index in [1.54, 1.807) is 0 Å². The van der Waals surface area contributed by atoms with Crippen molar-refractivity contribution in [3.05, 3.63) is 30.5 Å². The third-order valence-corrected chi connectivity index (χ3v) is 6.57. The third kappa shape index (κ3) is 4.82. The number of thioether (sulfide) groups is 1. The van der Waals surface area contributed by atoms with Gasteiger partial charge in [0, 0.05) is 48.2 Å². The van der Waals surface area contributed by atoms with Crippen molar-refractivity contribution >= 4 is 34.5 Å². The monoisotopic (exact) mass is 431 g/mol. The lowest BCUT2D eigenvalue weighted by atomic mass is 10.2. The van der Waals surface area contributed by atoms with E-state index in [1.807, 2.05) is 52.6 Å². The van der Waals surface area contributed by atoms with E-state index in [2.05, 4.69) is 6.07 Å². The number of carbonyl (C=O) groups excluding carboxylic acids is 2. The molecule has 0 saturated carbocycles. The SMILES string of the molecule is C[C@H]1CN(C(=O)CSc2cn(CC(=O)N3CCOCC3)c3ccccc23)C[C@H](C)O1. The highest BCUT2D eigenvalue weighted by Gasteiger charge is 2.26. The van der Waals surface area contributed by atoms with Crippen LogP contribution in [-0.2, 0) is 25.6 Å². The van der Waals surface area contributed by atoms with Crippen LogP contribution in [0.1, 0.15) is 13.8 Å². The minimum Gasteiger partial charge on any atom is -0.378 e. The van der Waals surface area contributed by atoms with Crippen LogP contribution >= 0.6 is 11.8 Å². The van der Waals surface area contributed by atoms with Crippen molar-refractivity contribution in [1.82, 2.24) is 14.4 Å². The molecule has 2 aliphatic heterocycles. The molecule has 2 aromatic rings. The van der Waals surface area contributed by atoms with Crippen molar-refractivity contribution in [3.8, 4) is 0 Å². The Labute approximate surface area is 181 Å². The zero-order chi connectivity index (χ0) is 21.1. The molecule has 2 amide bonds. The maximum atomic E-state index is 12.8. The largest absolute Gasteiger partial charge is 0.378 e. The number of nitrogens with zero attached hydrogens (tertiary/aromatic N) is 3. The summed E-state index contributed by atoms with van der Waals surface area (Å²) < 4.78 is 13.1. The van der Waals surface area contributed by atoms with Crippen LogP contribution < -0.4 is 0 Å². The minimum atomic E-state index is 0.0656. The van der Waals surface area contributed by atoms with Crippen LogP contribution in [0.25, 0.3) is 10.9 Å². The molecular formula is C22H29N3O4S. The summed E-state index contributed by atoms with van der Waals surface area (Å²) in [6.45, 7) is 8.06. The zero-order valence-corrected chi connectivity index (χ0v) is 18.4. The number of ether oxygens (including phenoxy) is 2. The molecule has 8 heteroatoms. The van der Waals surface area contributed by atoms with Gasteiger partial charge in [-0.2, -0.15) is 0 Å². The first-order valence-electron chi connectivity index (χ1n) is 10.5. The molecule has 2 aliphatic rings. The fourth-order valence-electron chi connectivity index (χ4n) is 4.13. The van der Waals surface area contributed by atoms with Crippen LogP contribution in [0.3, 0.4) is 0 Å². The Morgan fingerprint density at radius 2 is 1.73 bits per heavy atom. The first-order valence-corrected chi connectivity index (χ1v) is 11.5. The van der Waals surface area contributed by atoms with E-state index in [1.165, 1.54) is 11.8 Å². The molecule has 30 heavy (non-hydrogen) atoms. The van der Waals surface area contributed by atoms with Crippen molar-refractivity contribution in [2.24, 2.45) is 0 Å². The second-order valence-electron chi connectivity index (χ2n) is 7.98. The number of fused-ring (bicyclic) bond motifs is 1. The average molecular weight is 432 g/mol. The number of rotatable bonds is 5. The molecule has 0 N–H and O–H groups in total. The van der Waals surface area contributed by atoms with Crippen LogP contribution in [0.4, 0.5) is 0 Å². The summed E-state index contributed by atoms with van der Waals surface area (Å²) in [4.78, 5) is 30.3. The smallest absolute Gasteiger partial charge is 0.242 e. The quantitative estimate of drug-likeness (QED) is 0.680. The topological polar surface area (TPSA) is 64.0 Å². The Bertz CT molecular complexity index is 899. The molecule has 2 fully saturated rings. The summed E-state index contributed by atoms with van der Waals surface area (Å²) in [5, 5.41) is 1.08. The molecule has 0 bridgehead atoms. The number of morpholine rings is 2. The minimum absolute atomic E-state index is 0.0656. The van der Waals surface area contributed by atoms with E-state index in [4.69, 9.17) is 9.47 Å². The van der Waals surface area contributed by atoms with Crippen LogP contribution in [0.5, 0.6) is 0 Å². The molecule has 2 saturated heterocycles. The summed E-state index contributed by atoms with van der Waals surface area (Å²) in [7, 11) is 0. The average Bonchev–Trinajstić information content (AvgIpc) is 3.09. The maximum Gasteiger partial charge on any atom is 0.242 e. The lowest BCUT2D eigenvalue weighted by Gasteiger charge is -2.35. The molecule has 4 rings (SSSR count). The van der Waals surface area contributed by atoms with Crippen molar-refractivity contribution in [2.75, 3.05) is 45.1 Å². The Kier molecular flexibility index (Phi) is 6.65. The molecule has 1 aromatic heterocycles. The fraction of sp³-hybridized carbons (Fsp3) is 0.545. The molecule has 7 nitrogen and oxygen atoms in total. The normalized spacial score (nSPS) is 22.5. The number of amides is 2. The van der Waals surface area contributed by atoms with Crippen LogP contribution in [0.15, 0.2) is 35.4 Å². The van der Waals surface area contributed by atoms with E-state index in [9.17, 15) is 9.59 Å². The third-order valence-electron chi connectivity index (χ3n) is 5.54.